The summed E-state index contributed by atoms with van der Waals surface area (Å²) in [5, 5.41) is 9.25. The van der Waals surface area contributed by atoms with E-state index in [9.17, 15) is 9.90 Å². The van der Waals surface area contributed by atoms with Crippen LogP contribution in [-0.2, 0) is 0 Å². The molecule has 0 saturated heterocycles. The van der Waals surface area contributed by atoms with Crippen LogP contribution in [0.4, 0.5) is 0 Å². The fourth-order valence-corrected chi connectivity index (χ4v) is 0.989. The van der Waals surface area contributed by atoms with E-state index in [4.69, 9.17) is 0 Å². The topological polar surface area (TPSA) is 37.3 Å². The molecule has 0 aliphatic carbocycles. The predicted molar refractivity (Wildman–Crippen MR) is 77.0 cm³/mol. The van der Waals surface area contributed by atoms with Gasteiger partial charge in [0.2, 0.25) is 0 Å². The van der Waals surface area contributed by atoms with Crippen molar-refractivity contribution in [3.05, 3.63) is 28.8 Å². The third kappa shape index (κ3) is 8.49. The molecule has 0 aromatic heterocycles. The Balaban J connectivity index is -0.000000285. The highest BCUT2D eigenvalue weighted by molar-refractivity contribution is 5.78. The van der Waals surface area contributed by atoms with Gasteiger partial charge in [-0.1, -0.05) is 41.5 Å². The van der Waals surface area contributed by atoms with Gasteiger partial charge < -0.3 is 5.11 Å². The molecule has 0 spiro atoms. The van der Waals surface area contributed by atoms with E-state index in [0.29, 0.717) is 11.1 Å². The highest BCUT2D eigenvalue weighted by Gasteiger charge is 2.02. The summed E-state index contributed by atoms with van der Waals surface area (Å²) in [5.74, 6) is 0.187. The molecular formula is C15H28O2. The molecule has 0 heterocycles. The van der Waals surface area contributed by atoms with E-state index in [1.54, 1.807) is 19.1 Å². The van der Waals surface area contributed by atoms with Gasteiger partial charge in [-0.15, -0.1) is 0 Å². The Kier molecular flexibility index (Phi) is 18.2. The number of benzene rings is 1. The van der Waals surface area contributed by atoms with Gasteiger partial charge in [-0.25, -0.2) is 0 Å². The summed E-state index contributed by atoms with van der Waals surface area (Å²) >= 11 is 0. The van der Waals surface area contributed by atoms with Gasteiger partial charge in [0.25, 0.3) is 0 Å². The van der Waals surface area contributed by atoms with Crippen molar-refractivity contribution in [2.24, 2.45) is 0 Å². The molecule has 0 atom stereocenters. The Hall–Kier alpha value is -1.31. The average molecular weight is 240 g/mol. The fourth-order valence-electron chi connectivity index (χ4n) is 0.989. The summed E-state index contributed by atoms with van der Waals surface area (Å²) in [6, 6.07) is 3.39. The van der Waals surface area contributed by atoms with Crippen molar-refractivity contribution in [3.63, 3.8) is 0 Å². The SMILES string of the molecule is CC.CC.CC.Cc1cc(O)c(C)c(C=O)c1. The van der Waals surface area contributed by atoms with Crippen LogP contribution >= 0.6 is 0 Å². The lowest BCUT2D eigenvalue weighted by atomic mass is 10.1. The molecule has 0 aliphatic heterocycles. The summed E-state index contributed by atoms with van der Waals surface area (Å²) in [4.78, 5) is 10.4. The Morgan fingerprint density at radius 2 is 1.35 bits per heavy atom. The second kappa shape index (κ2) is 14.7. The van der Waals surface area contributed by atoms with Crippen molar-refractivity contribution in [1.82, 2.24) is 0 Å². The van der Waals surface area contributed by atoms with Gasteiger partial charge in [0, 0.05) is 11.1 Å². The monoisotopic (exact) mass is 240 g/mol. The van der Waals surface area contributed by atoms with Crippen molar-refractivity contribution >= 4 is 6.29 Å². The molecule has 0 saturated carbocycles. The number of aryl methyl sites for hydroxylation is 1. The second-order valence-corrected chi connectivity index (χ2v) is 2.62. The minimum Gasteiger partial charge on any atom is -0.508 e. The normalized spacial score (nSPS) is 7.29. The van der Waals surface area contributed by atoms with Crippen LogP contribution in [0.5, 0.6) is 5.75 Å². The van der Waals surface area contributed by atoms with E-state index in [0.717, 1.165) is 11.8 Å². The van der Waals surface area contributed by atoms with Crippen LogP contribution in [0, 0.1) is 13.8 Å². The van der Waals surface area contributed by atoms with Crippen LogP contribution < -0.4 is 0 Å². The molecule has 17 heavy (non-hydrogen) atoms. The van der Waals surface area contributed by atoms with E-state index in [1.165, 1.54) is 0 Å². The van der Waals surface area contributed by atoms with E-state index >= 15 is 0 Å². The van der Waals surface area contributed by atoms with Crippen LogP contribution in [0.2, 0.25) is 0 Å². The number of carbonyl (C=O) groups excluding carboxylic acids is 1. The summed E-state index contributed by atoms with van der Waals surface area (Å²) < 4.78 is 0. The lowest BCUT2D eigenvalue weighted by Gasteiger charge is -2.02. The van der Waals surface area contributed by atoms with Crippen LogP contribution in [0.25, 0.3) is 0 Å². The average Bonchev–Trinajstić information content (AvgIpc) is 2.41. The van der Waals surface area contributed by atoms with Gasteiger partial charge in [-0.3, -0.25) is 4.79 Å². The molecule has 1 aromatic carbocycles. The van der Waals surface area contributed by atoms with Gasteiger partial charge in [-0.2, -0.15) is 0 Å². The standard InChI is InChI=1S/C9H10O2.3C2H6/c1-6-3-8(5-10)7(2)9(11)4-6;3*1-2/h3-5,11H,1-2H3;3*1-2H3. The van der Waals surface area contributed by atoms with E-state index in [1.807, 2.05) is 48.5 Å². The van der Waals surface area contributed by atoms with Crippen LogP contribution in [0.15, 0.2) is 12.1 Å². The molecule has 0 bridgehead atoms. The number of carbonyl (C=O) groups is 1. The minimum atomic E-state index is 0.187. The first-order chi connectivity index (χ1) is 8.15. The first kappa shape index (κ1) is 21.0. The third-order valence-corrected chi connectivity index (χ3v) is 1.69. The molecule has 0 unspecified atom stereocenters. The molecule has 0 fully saturated rings. The van der Waals surface area contributed by atoms with Crippen molar-refractivity contribution < 1.29 is 9.90 Å². The molecule has 1 aromatic rings. The smallest absolute Gasteiger partial charge is 0.150 e. The lowest BCUT2D eigenvalue weighted by molar-refractivity contribution is 0.112. The zero-order chi connectivity index (χ0) is 14.4. The Labute approximate surface area is 107 Å². The summed E-state index contributed by atoms with van der Waals surface area (Å²) in [5.41, 5.74) is 2.10. The van der Waals surface area contributed by atoms with Crippen molar-refractivity contribution in [2.45, 2.75) is 55.4 Å². The third-order valence-electron chi connectivity index (χ3n) is 1.69. The maximum Gasteiger partial charge on any atom is 0.150 e. The molecular weight excluding hydrogens is 212 g/mol. The first-order valence-corrected chi connectivity index (χ1v) is 6.40. The number of phenols is 1. The van der Waals surface area contributed by atoms with Gasteiger partial charge in [0.1, 0.15) is 12.0 Å². The van der Waals surface area contributed by atoms with Crippen molar-refractivity contribution in [3.8, 4) is 5.75 Å². The van der Waals surface area contributed by atoms with Crippen molar-refractivity contribution in [2.75, 3.05) is 0 Å². The van der Waals surface area contributed by atoms with Crippen molar-refractivity contribution in [1.29, 1.82) is 0 Å². The summed E-state index contributed by atoms with van der Waals surface area (Å²) in [7, 11) is 0. The highest BCUT2D eigenvalue weighted by Crippen LogP contribution is 2.20. The lowest BCUT2D eigenvalue weighted by Crippen LogP contribution is -1.87. The van der Waals surface area contributed by atoms with Gasteiger partial charge >= 0.3 is 0 Å². The van der Waals surface area contributed by atoms with Gasteiger partial charge in [-0.05, 0) is 31.5 Å². The van der Waals surface area contributed by atoms with E-state index < -0.39 is 0 Å². The van der Waals surface area contributed by atoms with Crippen LogP contribution in [0.3, 0.4) is 0 Å². The highest BCUT2D eigenvalue weighted by atomic mass is 16.3. The van der Waals surface area contributed by atoms with Crippen LogP contribution in [0.1, 0.15) is 63.0 Å². The number of hydrogen-bond acceptors (Lipinski definition) is 2. The molecule has 0 aliphatic rings. The number of hydrogen-bond donors (Lipinski definition) is 1. The summed E-state index contributed by atoms with van der Waals surface area (Å²) in [6.45, 7) is 15.6. The van der Waals surface area contributed by atoms with Gasteiger partial charge in [0.15, 0.2) is 0 Å². The van der Waals surface area contributed by atoms with E-state index in [-0.39, 0.29) is 5.75 Å². The number of aldehydes is 1. The molecule has 1 rings (SSSR count). The first-order valence-electron chi connectivity index (χ1n) is 6.40. The Bertz CT molecular complexity index is 291. The zero-order valence-corrected chi connectivity index (χ0v) is 12.6. The Morgan fingerprint density at radius 3 is 1.71 bits per heavy atom. The van der Waals surface area contributed by atoms with Crippen LogP contribution in [-0.4, -0.2) is 11.4 Å². The second-order valence-electron chi connectivity index (χ2n) is 2.62. The number of aromatic hydroxyl groups is 1. The quantitative estimate of drug-likeness (QED) is 0.709. The number of phenolic OH excluding ortho intramolecular Hbond substituents is 1. The zero-order valence-electron chi connectivity index (χ0n) is 12.6. The maximum atomic E-state index is 10.4. The Morgan fingerprint density at radius 1 is 0.941 bits per heavy atom. The molecule has 100 valence electrons. The molecule has 0 amide bonds. The van der Waals surface area contributed by atoms with E-state index in [2.05, 4.69) is 0 Å². The molecule has 0 radical (unpaired) electrons. The fraction of sp³-hybridized carbons (Fsp3) is 0.533. The molecule has 1 N–H and O–H groups in total. The molecule has 2 nitrogen and oxygen atoms in total. The summed E-state index contributed by atoms with van der Waals surface area (Å²) in [6.07, 6.45) is 0.752. The number of rotatable bonds is 1. The predicted octanol–water partition coefficient (Wildman–Crippen LogP) is 4.90. The maximum absolute atomic E-state index is 10.4. The van der Waals surface area contributed by atoms with Gasteiger partial charge in [0.05, 0.1) is 0 Å². The minimum absolute atomic E-state index is 0.187. The largest absolute Gasteiger partial charge is 0.508 e. The molecule has 2 heteroatoms.